The van der Waals surface area contributed by atoms with Gasteiger partial charge in [-0.15, -0.1) is 0 Å². The Morgan fingerprint density at radius 2 is 1.56 bits per heavy atom. The number of rotatable bonds is 6. The molecule has 0 saturated carbocycles. The molecule has 1 amide bonds. The van der Waals surface area contributed by atoms with E-state index in [0.717, 1.165) is 37.2 Å². The van der Waals surface area contributed by atoms with Crippen LogP contribution >= 0.6 is 0 Å². The topological polar surface area (TPSA) is 57.7 Å². The molecule has 1 saturated heterocycles. The minimum Gasteiger partial charge on any atom is -0.367 e. The molecule has 2 heterocycles. The van der Waals surface area contributed by atoms with Crippen molar-refractivity contribution >= 4 is 21.4 Å². The van der Waals surface area contributed by atoms with Crippen LogP contribution in [-0.2, 0) is 22.8 Å². The molecule has 0 radical (unpaired) electrons. The highest BCUT2D eigenvalue weighted by molar-refractivity contribution is 7.91. The summed E-state index contributed by atoms with van der Waals surface area (Å²) in [4.78, 5) is 17.6. The van der Waals surface area contributed by atoms with E-state index in [9.17, 15) is 13.2 Å². The van der Waals surface area contributed by atoms with Crippen molar-refractivity contribution in [2.75, 3.05) is 30.3 Å². The number of anilines is 1. The third-order valence-corrected chi connectivity index (χ3v) is 8.72. The highest BCUT2D eigenvalue weighted by atomic mass is 32.2. The average molecular weight is 475 g/mol. The maximum atomic E-state index is 13.1. The first-order chi connectivity index (χ1) is 16.5. The molecule has 6 heteroatoms. The Hall–Kier alpha value is -3.12. The van der Waals surface area contributed by atoms with Crippen molar-refractivity contribution < 1.29 is 13.2 Å². The van der Waals surface area contributed by atoms with Gasteiger partial charge in [-0.25, -0.2) is 8.42 Å². The zero-order chi connectivity index (χ0) is 23.5. The summed E-state index contributed by atoms with van der Waals surface area (Å²) in [6.07, 6.45) is 2.76. The Labute approximate surface area is 201 Å². The lowest BCUT2D eigenvalue weighted by Gasteiger charge is -2.36. The van der Waals surface area contributed by atoms with Gasteiger partial charge < -0.3 is 9.80 Å². The maximum Gasteiger partial charge on any atom is 0.253 e. The van der Waals surface area contributed by atoms with Gasteiger partial charge in [-0.05, 0) is 66.6 Å². The number of likely N-dealkylation sites (tertiary alicyclic amines) is 1. The summed E-state index contributed by atoms with van der Waals surface area (Å²) in [5.41, 5.74) is 4.03. The molecule has 1 atom stereocenters. The Morgan fingerprint density at radius 1 is 0.882 bits per heavy atom. The summed E-state index contributed by atoms with van der Waals surface area (Å²) in [5.74, 6) is 0.110. The molecule has 1 unspecified atom stereocenters. The number of hydrogen-bond acceptors (Lipinski definition) is 4. The zero-order valence-electron chi connectivity index (χ0n) is 19.3. The van der Waals surface area contributed by atoms with E-state index in [4.69, 9.17) is 0 Å². The van der Waals surface area contributed by atoms with Crippen LogP contribution < -0.4 is 4.90 Å². The summed E-state index contributed by atoms with van der Waals surface area (Å²) < 4.78 is 26.3. The number of hydrogen-bond donors (Lipinski definition) is 0. The van der Waals surface area contributed by atoms with E-state index >= 15 is 0 Å². The second kappa shape index (κ2) is 9.63. The molecular weight excluding hydrogens is 444 g/mol. The van der Waals surface area contributed by atoms with Gasteiger partial charge in [0.1, 0.15) is 0 Å². The molecule has 5 nitrogen and oxygen atoms in total. The second-order valence-electron chi connectivity index (χ2n) is 9.37. The van der Waals surface area contributed by atoms with E-state index in [-0.39, 0.29) is 17.6 Å². The lowest BCUT2D eigenvalue weighted by Crippen LogP contribution is -2.38. The number of carbonyl (C=O) groups excluding carboxylic acids is 1. The fraction of sp³-hybridized carbons (Fsp3) is 0.321. The lowest BCUT2D eigenvalue weighted by atomic mass is 9.91. The molecule has 0 aliphatic carbocycles. The SMILES string of the molecule is O=C(c1ccc2c(c1)CC(CS(=O)(=O)c1ccccc1)CN2Cc1ccccc1)N1CCCC1. The van der Waals surface area contributed by atoms with Crippen LogP contribution in [0.4, 0.5) is 5.69 Å². The van der Waals surface area contributed by atoms with E-state index in [1.54, 1.807) is 24.3 Å². The normalized spacial score (nSPS) is 18.1. The third kappa shape index (κ3) is 4.87. The largest absolute Gasteiger partial charge is 0.367 e. The fourth-order valence-corrected chi connectivity index (χ4v) is 6.79. The Balaban J connectivity index is 1.45. The first-order valence-electron chi connectivity index (χ1n) is 12.0. The average Bonchev–Trinajstić information content (AvgIpc) is 3.39. The zero-order valence-corrected chi connectivity index (χ0v) is 20.1. The van der Waals surface area contributed by atoms with Gasteiger partial charge in [0.15, 0.2) is 9.84 Å². The van der Waals surface area contributed by atoms with Crippen LogP contribution in [0.3, 0.4) is 0 Å². The molecule has 2 aliphatic heterocycles. The molecule has 34 heavy (non-hydrogen) atoms. The first kappa shape index (κ1) is 22.7. The minimum atomic E-state index is -3.40. The van der Waals surface area contributed by atoms with Crippen LogP contribution in [0.5, 0.6) is 0 Å². The van der Waals surface area contributed by atoms with Crippen molar-refractivity contribution in [3.05, 3.63) is 95.6 Å². The molecular formula is C28H30N2O3S. The third-order valence-electron chi connectivity index (χ3n) is 6.82. The predicted molar refractivity (Wildman–Crippen MR) is 135 cm³/mol. The minimum absolute atomic E-state index is 0.0569. The molecule has 0 N–H and O–H groups in total. The van der Waals surface area contributed by atoms with E-state index in [0.29, 0.717) is 30.0 Å². The molecule has 0 aromatic heterocycles. The van der Waals surface area contributed by atoms with Crippen LogP contribution in [0, 0.1) is 5.92 Å². The van der Waals surface area contributed by atoms with Crippen molar-refractivity contribution in [3.63, 3.8) is 0 Å². The highest BCUT2D eigenvalue weighted by Crippen LogP contribution is 2.33. The van der Waals surface area contributed by atoms with Gasteiger partial charge in [-0.3, -0.25) is 4.79 Å². The van der Waals surface area contributed by atoms with Crippen molar-refractivity contribution in [1.82, 2.24) is 4.90 Å². The van der Waals surface area contributed by atoms with Gasteiger partial charge in [-0.1, -0.05) is 48.5 Å². The summed E-state index contributed by atoms with van der Waals surface area (Å²) in [6.45, 7) is 2.99. The van der Waals surface area contributed by atoms with E-state index in [1.165, 1.54) is 5.56 Å². The number of benzene rings is 3. The number of amides is 1. The first-order valence-corrected chi connectivity index (χ1v) is 13.6. The molecule has 3 aromatic rings. The molecule has 176 valence electrons. The van der Waals surface area contributed by atoms with Crippen molar-refractivity contribution in [2.24, 2.45) is 5.92 Å². The maximum absolute atomic E-state index is 13.1. The summed E-state index contributed by atoms with van der Waals surface area (Å²) in [5, 5.41) is 0. The van der Waals surface area contributed by atoms with Crippen LogP contribution in [0.1, 0.15) is 34.3 Å². The molecule has 1 fully saturated rings. The van der Waals surface area contributed by atoms with Gasteiger partial charge in [0.2, 0.25) is 0 Å². The van der Waals surface area contributed by atoms with Crippen molar-refractivity contribution in [2.45, 2.75) is 30.7 Å². The predicted octanol–water partition coefficient (Wildman–Crippen LogP) is 4.58. The fourth-order valence-electron chi connectivity index (χ4n) is 5.18. The van der Waals surface area contributed by atoms with Crippen LogP contribution in [0.15, 0.2) is 83.8 Å². The Bertz CT molecular complexity index is 1250. The monoisotopic (exact) mass is 474 g/mol. The summed E-state index contributed by atoms with van der Waals surface area (Å²) >= 11 is 0. The standard InChI is InChI=1S/C28H30N2O3S/c31-28(29-15-7-8-16-29)24-13-14-27-25(18-24)17-23(20-30(27)19-22-9-3-1-4-10-22)21-34(32,33)26-11-5-2-6-12-26/h1-6,9-14,18,23H,7-8,15-17,19-21H2. The smallest absolute Gasteiger partial charge is 0.253 e. The quantitative estimate of drug-likeness (QED) is 0.525. The van der Waals surface area contributed by atoms with Gasteiger partial charge in [0, 0.05) is 37.4 Å². The lowest BCUT2D eigenvalue weighted by molar-refractivity contribution is 0.0792. The van der Waals surface area contributed by atoms with Crippen LogP contribution in [0.2, 0.25) is 0 Å². The number of nitrogens with zero attached hydrogens (tertiary/aromatic N) is 2. The summed E-state index contributed by atoms with van der Waals surface area (Å²) in [6, 6.07) is 24.9. The Morgan fingerprint density at radius 3 is 2.26 bits per heavy atom. The number of sulfone groups is 1. The van der Waals surface area contributed by atoms with Crippen molar-refractivity contribution in [1.29, 1.82) is 0 Å². The van der Waals surface area contributed by atoms with E-state index < -0.39 is 9.84 Å². The number of carbonyl (C=O) groups is 1. The van der Waals surface area contributed by atoms with Gasteiger partial charge in [0.05, 0.1) is 10.6 Å². The summed E-state index contributed by atoms with van der Waals surface area (Å²) in [7, 11) is -3.40. The van der Waals surface area contributed by atoms with Crippen LogP contribution in [0.25, 0.3) is 0 Å². The highest BCUT2D eigenvalue weighted by Gasteiger charge is 2.30. The molecule has 3 aromatic carbocycles. The van der Waals surface area contributed by atoms with Gasteiger partial charge >= 0.3 is 0 Å². The van der Waals surface area contributed by atoms with Crippen LogP contribution in [-0.4, -0.2) is 44.6 Å². The van der Waals surface area contributed by atoms with Crippen molar-refractivity contribution in [3.8, 4) is 0 Å². The second-order valence-corrected chi connectivity index (χ2v) is 11.4. The molecule has 0 spiro atoms. The number of fused-ring (bicyclic) bond motifs is 1. The van der Waals surface area contributed by atoms with E-state index in [1.807, 2.05) is 47.4 Å². The van der Waals surface area contributed by atoms with Gasteiger partial charge in [-0.2, -0.15) is 0 Å². The molecule has 0 bridgehead atoms. The Kier molecular flexibility index (Phi) is 6.42. The van der Waals surface area contributed by atoms with E-state index in [2.05, 4.69) is 17.0 Å². The van der Waals surface area contributed by atoms with Gasteiger partial charge in [0.25, 0.3) is 5.91 Å². The molecule has 2 aliphatic rings. The molecule has 5 rings (SSSR count).